The van der Waals surface area contributed by atoms with Crippen molar-refractivity contribution in [2.24, 2.45) is 0 Å². The fourth-order valence-corrected chi connectivity index (χ4v) is 3.45. The van der Waals surface area contributed by atoms with Crippen LogP contribution in [0.1, 0.15) is 52.1 Å². The number of unbranched alkanes of at least 4 members (excludes halogenated alkanes) is 1. The van der Waals surface area contributed by atoms with Gasteiger partial charge in [-0.2, -0.15) is 9.50 Å². The second kappa shape index (κ2) is 8.75. The number of fused-ring (bicyclic) bond motifs is 1. The molecule has 9 nitrogen and oxygen atoms in total. The standard InChI is InChI=1S/C20H30N6O3/c1-20(2,3)15-9-10-21-18-22-19(23-26(15)18)25-13-11-24(12-14-25)16(27)7-5-6-8-17(28)29-4/h9-10H,5-8,11-14H2,1-4H3. The molecule has 0 atom stereocenters. The minimum absolute atomic E-state index is 0.0643. The summed E-state index contributed by atoms with van der Waals surface area (Å²) in [6.45, 7) is 9.08. The average molecular weight is 402 g/mol. The third-order valence-corrected chi connectivity index (χ3v) is 5.16. The third kappa shape index (κ3) is 5.02. The van der Waals surface area contributed by atoms with Crippen LogP contribution in [0, 0.1) is 0 Å². The lowest BCUT2D eigenvalue weighted by molar-refractivity contribution is -0.141. The largest absolute Gasteiger partial charge is 0.469 e. The van der Waals surface area contributed by atoms with Gasteiger partial charge in [0.15, 0.2) is 0 Å². The van der Waals surface area contributed by atoms with E-state index in [1.165, 1.54) is 7.11 Å². The lowest BCUT2D eigenvalue weighted by Crippen LogP contribution is -2.49. The van der Waals surface area contributed by atoms with Crippen LogP contribution in [0.4, 0.5) is 5.95 Å². The van der Waals surface area contributed by atoms with E-state index >= 15 is 0 Å². The summed E-state index contributed by atoms with van der Waals surface area (Å²) in [5, 5.41) is 4.68. The third-order valence-electron chi connectivity index (χ3n) is 5.16. The van der Waals surface area contributed by atoms with Crippen molar-refractivity contribution in [3.63, 3.8) is 0 Å². The van der Waals surface area contributed by atoms with E-state index in [-0.39, 0.29) is 17.3 Å². The van der Waals surface area contributed by atoms with Crippen molar-refractivity contribution in [3.8, 4) is 0 Å². The number of carbonyl (C=O) groups is 2. The summed E-state index contributed by atoms with van der Waals surface area (Å²) in [7, 11) is 1.38. The number of methoxy groups -OCH3 is 1. The number of esters is 1. The fraction of sp³-hybridized carbons (Fsp3) is 0.650. The molecule has 0 N–H and O–H groups in total. The summed E-state index contributed by atoms with van der Waals surface area (Å²) in [6, 6.07) is 1.97. The van der Waals surface area contributed by atoms with E-state index in [4.69, 9.17) is 0 Å². The van der Waals surface area contributed by atoms with Crippen LogP contribution in [-0.2, 0) is 19.7 Å². The molecule has 29 heavy (non-hydrogen) atoms. The number of aromatic nitrogens is 4. The highest BCUT2D eigenvalue weighted by molar-refractivity contribution is 5.76. The highest BCUT2D eigenvalue weighted by Crippen LogP contribution is 2.23. The maximum atomic E-state index is 12.4. The van der Waals surface area contributed by atoms with Crippen LogP contribution in [0.15, 0.2) is 12.3 Å². The van der Waals surface area contributed by atoms with Crippen molar-refractivity contribution in [1.29, 1.82) is 0 Å². The molecule has 9 heteroatoms. The molecule has 3 heterocycles. The van der Waals surface area contributed by atoms with Gasteiger partial charge in [-0.25, -0.2) is 4.98 Å². The SMILES string of the molecule is COC(=O)CCCCC(=O)N1CCN(c2nc3nccc(C(C)(C)C)n3n2)CC1. The summed E-state index contributed by atoms with van der Waals surface area (Å²) in [5.41, 5.74) is 0.993. The number of carbonyl (C=O) groups excluding carboxylic acids is 2. The zero-order chi connectivity index (χ0) is 21.0. The maximum Gasteiger partial charge on any atom is 0.305 e. The normalized spacial score (nSPS) is 15.0. The van der Waals surface area contributed by atoms with Crippen LogP contribution in [0.2, 0.25) is 0 Å². The highest BCUT2D eigenvalue weighted by Gasteiger charge is 2.25. The van der Waals surface area contributed by atoms with Crippen LogP contribution in [0.25, 0.3) is 5.78 Å². The number of amides is 1. The molecule has 0 radical (unpaired) electrons. The van der Waals surface area contributed by atoms with Gasteiger partial charge >= 0.3 is 5.97 Å². The van der Waals surface area contributed by atoms with Gasteiger partial charge in [-0.15, -0.1) is 5.10 Å². The first-order valence-corrected chi connectivity index (χ1v) is 10.1. The van der Waals surface area contributed by atoms with Gasteiger partial charge in [0.25, 0.3) is 5.78 Å². The van der Waals surface area contributed by atoms with Gasteiger partial charge in [-0.1, -0.05) is 20.8 Å². The van der Waals surface area contributed by atoms with E-state index in [1.54, 1.807) is 6.20 Å². The van der Waals surface area contributed by atoms with Crippen LogP contribution in [0.5, 0.6) is 0 Å². The molecule has 1 aliphatic rings. The number of hydrogen-bond acceptors (Lipinski definition) is 7. The van der Waals surface area contributed by atoms with Gasteiger partial charge in [0.2, 0.25) is 11.9 Å². The number of piperazine rings is 1. The molecule has 2 aromatic rings. The summed E-state index contributed by atoms with van der Waals surface area (Å²) in [4.78, 5) is 36.4. The van der Waals surface area contributed by atoms with Crippen LogP contribution >= 0.6 is 0 Å². The Morgan fingerprint density at radius 1 is 1.10 bits per heavy atom. The number of anilines is 1. The lowest BCUT2D eigenvalue weighted by atomic mass is 9.92. The van der Waals surface area contributed by atoms with E-state index in [0.29, 0.717) is 63.6 Å². The van der Waals surface area contributed by atoms with Crippen LogP contribution < -0.4 is 4.90 Å². The van der Waals surface area contributed by atoms with E-state index in [0.717, 1.165) is 5.69 Å². The van der Waals surface area contributed by atoms with Crippen LogP contribution in [0.3, 0.4) is 0 Å². The molecule has 2 aromatic heterocycles. The van der Waals surface area contributed by atoms with Crippen molar-refractivity contribution >= 4 is 23.6 Å². The van der Waals surface area contributed by atoms with Crippen molar-refractivity contribution in [2.75, 3.05) is 38.2 Å². The Labute approximate surface area is 171 Å². The zero-order valence-corrected chi connectivity index (χ0v) is 17.7. The smallest absolute Gasteiger partial charge is 0.305 e. The minimum Gasteiger partial charge on any atom is -0.469 e. The summed E-state index contributed by atoms with van der Waals surface area (Å²) in [6.07, 6.45) is 3.96. The van der Waals surface area contributed by atoms with Gasteiger partial charge in [-0.3, -0.25) is 9.59 Å². The zero-order valence-electron chi connectivity index (χ0n) is 17.7. The van der Waals surface area contributed by atoms with Crippen molar-refractivity contribution < 1.29 is 14.3 Å². The van der Waals surface area contributed by atoms with Gasteiger partial charge in [-0.05, 0) is 18.9 Å². The van der Waals surface area contributed by atoms with Crippen molar-refractivity contribution in [3.05, 3.63) is 18.0 Å². The van der Waals surface area contributed by atoms with Crippen LogP contribution in [-0.4, -0.2) is 69.6 Å². The Morgan fingerprint density at radius 3 is 2.45 bits per heavy atom. The molecule has 0 spiro atoms. The summed E-state index contributed by atoms with van der Waals surface area (Å²) in [5.74, 6) is 1.15. The molecule has 1 saturated heterocycles. The van der Waals surface area contributed by atoms with Gasteiger partial charge in [0.05, 0.1) is 12.8 Å². The first kappa shape index (κ1) is 21.0. The molecule has 3 rings (SSSR count). The van der Waals surface area contributed by atoms with E-state index < -0.39 is 0 Å². The average Bonchev–Trinajstić information content (AvgIpc) is 3.14. The van der Waals surface area contributed by atoms with Gasteiger partial charge in [0.1, 0.15) is 0 Å². The van der Waals surface area contributed by atoms with E-state index in [1.807, 2.05) is 15.5 Å². The molecule has 0 unspecified atom stereocenters. The lowest BCUT2D eigenvalue weighted by Gasteiger charge is -2.34. The predicted molar refractivity (Wildman–Crippen MR) is 109 cm³/mol. The summed E-state index contributed by atoms with van der Waals surface area (Å²) < 4.78 is 6.43. The highest BCUT2D eigenvalue weighted by atomic mass is 16.5. The first-order valence-electron chi connectivity index (χ1n) is 10.1. The fourth-order valence-electron chi connectivity index (χ4n) is 3.45. The number of ether oxygens (including phenoxy) is 1. The maximum absolute atomic E-state index is 12.4. The molecule has 0 bridgehead atoms. The summed E-state index contributed by atoms with van der Waals surface area (Å²) >= 11 is 0. The topological polar surface area (TPSA) is 92.9 Å². The Morgan fingerprint density at radius 2 is 1.79 bits per heavy atom. The molecular weight excluding hydrogens is 372 g/mol. The molecule has 0 aliphatic carbocycles. The monoisotopic (exact) mass is 402 g/mol. The Bertz CT molecular complexity index is 865. The van der Waals surface area contributed by atoms with Crippen molar-refractivity contribution in [1.82, 2.24) is 24.5 Å². The Kier molecular flexibility index (Phi) is 6.34. The number of hydrogen-bond donors (Lipinski definition) is 0. The molecule has 1 amide bonds. The second-order valence-corrected chi connectivity index (χ2v) is 8.35. The van der Waals surface area contributed by atoms with Gasteiger partial charge < -0.3 is 14.5 Å². The molecule has 1 fully saturated rings. The quantitative estimate of drug-likeness (QED) is 0.537. The Balaban J connectivity index is 1.55. The first-order chi connectivity index (χ1) is 13.8. The number of rotatable bonds is 6. The molecule has 0 aromatic carbocycles. The van der Waals surface area contributed by atoms with Gasteiger partial charge in [0, 0.05) is 50.6 Å². The number of nitrogens with zero attached hydrogens (tertiary/aromatic N) is 6. The minimum atomic E-state index is -0.227. The molecular formula is C20H30N6O3. The predicted octanol–water partition coefficient (Wildman–Crippen LogP) is 1.80. The molecule has 1 aliphatic heterocycles. The molecule has 158 valence electrons. The molecule has 0 saturated carbocycles. The Hall–Kier alpha value is -2.71. The van der Waals surface area contributed by atoms with E-state index in [2.05, 4.69) is 45.5 Å². The van der Waals surface area contributed by atoms with Crippen molar-refractivity contribution in [2.45, 2.75) is 51.9 Å². The van der Waals surface area contributed by atoms with E-state index in [9.17, 15) is 9.59 Å². The second-order valence-electron chi connectivity index (χ2n) is 8.35.